The molecule has 3 nitrogen and oxygen atoms in total. The summed E-state index contributed by atoms with van der Waals surface area (Å²) in [5.74, 6) is 1.29. The topological polar surface area (TPSA) is 23.6 Å². The normalized spacial score (nSPS) is 28.6. The van der Waals surface area contributed by atoms with Crippen LogP contribution in [0.5, 0.6) is 0 Å². The smallest absolute Gasteiger partial charge is 0.223 e. The maximum Gasteiger partial charge on any atom is 0.223 e. The summed E-state index contributed by atoms with van der Waals surface area (Å²) in [4.78, 5) is 17.6. The summed E-state index contributed by atoms with van der Waals surface area (Å²) in [5.41, 5.74) is 1.39. The van der Waals surface area contributed by atoms with Gasteiger partial charge in [-0.05, 0) is 56.6 Å². The molecule has 0 radical (unpaired) electrons. The second kappa shape index (κ2) is 8.12. The maximum absolute atomic E-state index is 12.7. The van der Waals surface area contributed by atoms with Gasteiger partial charge in [-0.2, -0.15) is 0 Å². The maximum atomic E-state index is 12.7. The highest BCUT2D eigenvalue weighted by molar-refractivity contribution is 5.79. The Balaban J connectivity index is 1.41. The van der Waals surface area contributed by atoms with Crippen LogP contribution in [-0.2, 0) is 11.3 Å². The molecule has 0 bridgehead atoms. The Labute approximate surface area is 158 Å². The Morgan fingerprint density at radius 1 is 0.923 bits per heavy atom. The fourth-order valence-electron chi connectivity index (χ4n) is 5.57. The van der Waals surface area contributed by atoms with Crippen LogP contribution < -0.4 is 0 Å². The fraction of sp³-hybridized carbons (Fsp3) is 0.696. The summed E-state index contributed by atoms with van der Waals surface area (Å²) in [7, 11) is 0. The van der Waals surface area contributed by atoms with Crippen molar-refractivity contribution in [3.63, 3.8) is 0 Å². The van der Waals surface area contributed by atoms with Crippen molar-refractivity contribution in [3.8, 4) is 0 Å². The number of hydrogen-bond acceptors (Lipinski definition) is 2. The van der Waals surface area contributed by atoms with Gasteiger partial charge in [0.25, 0.3) is 0 Å². The Hall–Kier alpha value is -1.35. The fourth-order valence-corrected chi connectivity index (χ4v) is 5.57. The van der Waals surface area contributed by atoms with Gasteiger partial charge in [0.15, 0.2) is 0 Å². The van der Waals surface area contributed by atoms with Gasteiger partial charge in [0.1, 0.15) is 0 Å². The van der Waals surface area contributed by atoms with Gasteiger partial charge in [0, 0.05) is 31.6 Å². The third kappa shape index (κ3) is 3.98. The molecule has 1 spiro atoms. The van der Waals surface area contributed by atoms with Crippen LogP contribution in [0.15, 0.2) is 30.3 Å². The molecule has 1 aliphatic carbocycles. The van der Waals surface area contributed by atoms with Crippen molar-refractivity contribution in [3.05, 3.63) is 35.9 Å². The first-order valence-electron chi connectivity index (χ1n) is 10.8. The van der Waals surface area contributed by atoms with Crippen molar-refractivity contribution in [1.82, 2.24) is 9.80 Å². The number of carbonyl (C=O) groups is 1. The van der Waals surface area contributed by atoms with E-state index in [9.17, 15) is 4.79 Å². The number of rotatable bonds is 4. The second-order valence-corrected chi connectivity index (χ2v) is 8.85. The average molecular weight is 355 g/mol. The molecule has 0 aromatic heterocycles. The molecule has 4 rings (SSSR count). The van der Waals surface area contributed by atoms with E-state index in [1.807, 2.05) is 0 Å². The standard InChI is InChI=1S/C23H34N2O/c26-22-12-14-23(25(22)19-21-10-5-2-6-11-21)13-7-16-24(17-15-23)18-20-8-3-1-4-9-20/h2,5-6,10-11,20H,1,3-4,7-9,12-19H2/t23-/m0/s1. The number of hydrogen-bond donors (Lipinski definition) is 0. The molecular formula is C23H34N2O. The number of carbonyl (C=O) groups excluding carboxylic acids is 1. The molecule has 142 valence electrons. The van der Waals surface area contributed by atoms with Crippen LogP contribution in [0.4, 0.5) is 0 Å². The molecule has 1 aromatic carbocycles. The molecule has 1 aromatic rings. The van der Waals surface area contributed by atoms with E-state index >= 15 is 0 Å². The van der Waals surface area contributed by atoms with E-state index in [4.69, 9.17) is 0 Å². The van der Waals surface area contributed by atoms with Gasteiger partial charge < -0.3 is 9.80 Å². The molecule has 26 heavy (non-hydrogen) atoms. The van der Waals surface area contributed by atoms with Crippen LogP contribution in [0.3, 0.4) is 0 Å². The third-order valence-corrected chi connectivity index (χ3v) is 7.11. The van der Waals surface area contributed by atoms with Crippen molar-refractivity contribution in [2.24, 2.45) is 5.92 Å². The van der Waals surface area contributed by atoms with Crippen molar-refractivity contribution in [2.75, 3.05) is 19.6 Å². The van der Waals surface area contributed by atoms with Crippen LogP contribution in [0.2, 0.25) is 0 Å². The zero-order chi connectivity index (χ0) is 17.8. The van der Waals surface area contributed by atoms with Gasteiger partial charge in [-0.15, -0.1) is 0 Å². The molecule has 0 N–H and O–H groups in total. The minimum atomic E-state index is 0.119. The number of amides is 1. The highest BCUT2D eigenvalue weighted by Gasteiger charge is 2.45. The first kappa shape index (κ1) is 18.0. The lowest BCUT2D eigenvalue weighted by atomic mass is 9.87. The molecule has 3 aliphatic rings. The van der Waals surface area contributed by atoms with E-state index in [0.29, 0.717) is 5.91 Å². The predicted octanol–water partition coefficient (Wildman–Crippen LogP) is 4.61. The minimum Gasteiger partial charge on any atom is -0.333 e. The quantitative estimate of drug-likeness (QED) is 0.788. The molecule has 1 amide bonds. The summed E-state index contributed by atoms with van der Waals surface area (Å²) in [6.07, 6.45) is 12.6. The van der Waals surface area contributed by atoms with Gasteiger partial charge in [-0.1, -0.05) is 49.6 Å². The summed E-state index contributed by atoms with van der Waals surface area (Å²) in [5, 5.41) is 0. The molecule has 0 unspecified atom stereocenters. The Kier molecular flexibility index (Phi) is 5.63. The molecule has 2 saturated heterocycles. The molecule has 2 heterocycles. The largest absolute Gasteiger partial charge is 0.333 e. The summed E-state index contributed by atoms with van der Waals surface area (Å²) < 4.78 is 0. The van der Waals surface area contributed by atoms with E-state index in [2.05, 4.69) is 40.1 Å². The van der Waals surface area contributed by atoms with Crippen LogP contribution in [0.1, 0.15) is 69.8 Å². The number of likely N-dealkylation sites (tertiary alicyclic amines) is 2. The molecule has 3 fully saturated rings. The Morgan fingerprint density at radius 3 is 2.54 bits per heavy atom. The third-order valence-electron chi connectivity index (χ3n) is 7.11. The van der Waals surface area contributed by atoms with Crippen LogP contribution >= 0.6 is 0 Å². The minimum absolute atomic E-state index is 0.119. The highest BCUT2D eigenvalue weighted by atomic mass is 16.2. The van der Waals surface area contributed by atoms with Gasteiger partial charge in [0.2, 0.25) is 5.91 Å². The van der Waals surface area contributed by atoms with Crippen LogP contribution in [0, 0.1) is 5.92 Å². The zero-order valence-electron chi connectivity index (χ0n) is 16.2. The van der Waals surface area contributed by atoms with Crippen LogP contribution in [-0.4, -0.2) is 40.9 Å². The SMILES string of the molecule is O=C1CC[C@]2(CCCN(CC3CCCCC3)CC2)N1Cc1ccccc1. The molecule has 1 saturated carbocycles. The van der Waals surface area contributed by atoms with Crippen molar-refractivity contribution in [1.29, 1.82) is 0 Å². The molecule has 3 heteroatoms. The Bertz CT molecular complexity index is 595. The lowest BCUT2D eigenvalue weighted by molar-refractivity contribution is -0.132. The van der Waals surface area contributed by atoms with Crippen molar-refractivity contribution < 1.29 is 4.79 Å². The number of nitrogens with zero attached hydrogens (tertiary/aromatic N) is 2. The molecular weight excluding hydrogens is 320 g/mol. The highest BCUT2D eigenvalue weighted by Crippen LogP contribution is 2.40. The van der Waals surface area contributed by atoms with E-state index in [-0.39, 0.29) is 5.54 Å². The lowest BCUT2D eigenvalue weighted by Crippen LogP contribution is -2.46. The van der Waals surface area contributed by atoms with Crippen LogP contribution in [0.25, 0.3) is 0 Å². The summed E-state index contributed by atoms with van der Waals surface area (Å²) >= 11 is 0. The van der Waals surface area contributed by atoms with Gasteiger partial charge >= 0.3 is 0 Å². The molecule has 2 aliphatic heterocycles. The average Bonchev–Trinajstić information content (AvgIpc) is 2.85. The lowest BCUT2D eigenvalue weighted by Gasteiger charge is -2.38. The first-order valence-corrected chi connectivity index (χ1v) is 10.8. The molecule has 1 atom stereocenters. The van der Waals surface area contributed by atoms with E-state index in [1.165, 1.54) is 70.1 Å². The van der Waals surface area contributed by atoms with E-state index < -0.39 is 0 Å². The monoisotopic (exact) mass is 354 g/mol. The van der Waals surface area contributed by atoms with Gasteiger partial charge in [-0.25, -0.2) is 0 Å². The summed E-state index contributed by atoms with van der Waals surface area (Å²) in [6, 6.07) is 10.5. The number of benzene rings is 1. The predicted molar refractivity (Wildman–Crippen MR) is 106 cm³/mol. The van der Waals surface area contributed by atoms with E-state index in [1.54, 1.807) is 0 Å². The first-order chi connectivity index (χ1) is 12.8. The second-order valence-electron chi connectivity index (χ2n) is 8.85. The van der Waals surface area contributed by atoms with Gasteiger partial charge in [-0.3, -0.25) is 4.79 Å². The zero-order valence-corrected chi connectivity index (χ0v) is 16.2. The summed E-state index contributed by atoms with van der Waals surface area (Å²) in [6.45, 7) is 4.49. The van der Waals surface area contributed by atoms with Crippen molar-refractivity contribution >= 4 is 5.91 Å². The van der Waals surface area contributed by atoms with Gasteiger partial charge in [0.05, 0.1) is 0 Å². The Morgan fingerprint density at radius 2 is 1.73 bits per heavy atom. The van der Waals surface area contributed by atoms with Crippen molar-refractivity contribution in [2.45, 2.75) is 76.3 Å². The van der Waals surface area contributed by atoms with E-state index in [0.717, 1.165) is 31.7 Å².